The number of carbonyl (C=O) groups is 3. The van der Waals surface area contributed by atoms with Gasteiger partial charge >= 0.3 is 11.8 Å². The molecule has 2 atom stereocenters. The summed E-state index contributed by atoms with van der Waals surface area (Å²) in [5.41, 5.74) is 1.40. The number of nitrogens with zero attached hydrogens (tertiary/aromatic N) is 2. The molecule has 1 saturated heterocycles. The van der Waals surface area contributed by atoms with Crippen LogP contribution < -0.4 is 30.7 Å². The largest absolute Gasteiger partial charge is 0.454 e. The van der Waals surface area contributed by atoms with Crippen LogP contribution in [0.4, 0.5) is 5.82 Å². The van der Waals surface area contributed by atoms with Gasteiger partial charge in [-0.25, -0.2) is 4.68 Å². The molecule has 2 unspecified atom stereocenters. The molecule has 4 rings (SSSR count). The van der Waals surface area contributed by atoms with E-state index >= 15 is 0 Å². The molecule has 11 heteroatoms. The summed E-state index contributed by atoms with van der Waals surface area (Å²) in [7, 11) is 0. The summed E-state index contributed by atoms with van der Waals surface area (Å²) in [5, 5.41) is 15.6. The zero-order valence-corrected chi connectivity index (χ0v) is 17.2. The van der Waals surface area contributed by atoms with Crippen LogP contribution in [0.25, 0.3) is 0 Å². The van der Waals surface area contributed by atoms with Crippen molar-refractivity contribution in [3.63, 3.8) is 0 Å². The van der Waals surface area contributed by atoms with Crippen LogP contribution in [0.15, 0.2) is 24.3 Å². The first-order chi connectivity index (χ1) is 14.9. The molecular weight excluding hydrogens is 404 g/mol. The Hall–Kier alpha value is -3.60. The van der Waals surface area contributed by atoms with E-state index in [1.807, 2.05) is 6.92 Å². The Morgan fingerprint density at radius 1 is 1.23 bits per heavy atom. The summed E-state index contributed by atoms with van der Waals surface area (Å²) in [6.45, 7) is 4.05. The molecule has 2 aliphatic heterocycles. The summed E-state index contributed by atoms with van der Waals surface area (Å²) >= 11 is 0. The van der Waals surface area contributed by atoms with E-state index in [0.717, 1.165) is 12.0 Å². The van der Waals surface area contributed by atoms with Crippen LogP contribution in [0.1, 0.15) is 37.3 Å². The van der Waals surface area contributed by atoms with Crippen LogP contribution in [0, 0.1) is 6.92 Å². The van der Waals surface area contributed by atoms with Gasteiger partial charge in [-0.05, 0) is 31.0 Å². The standard InChI is InChI=1S/C20H24N6O5/c1-3-13-8-17(27)24-20(22-13)26-16(6-11(2)25-26)23-19(29)18(28)21-9-12-4-5-14-15(7-12)31-10-30-14/h4-7,13,20,22H,3,8-10H2,1-2H3,(H,21,28)(H,23,29)(H,24,27). The number of aromatic nitrogens is 2. The van der Waals surface area contributed by atoms with Crippen molar-refractivity contribution >= 4 is 23.5 Å². The van der Waals surface area contributed by atoms with Crippen molar-refractivity contribution in [2.75, 3.05) is 12.1 Å². The van der Waals surface area contributed by atoms with Gasteiger partial charge in [-0.1, -0.05) is 13.0 Å². The molecule has 2 aromatic rings. The summed E-state index contributed by atoms with van der Waals surface area (Å²) < 4.78 is 12.0. The molecule has 1 aromatic heterocycles. The van der Waals surface area contributed by atoms with E-state index < -0.39 is 18.1 Å². The van der Waals surface area contributed by atoms with Crippen molar-refractivity contribution in [2.24, 2.45) is 0 Å². The van der Waals surface area contributed by atoms with E-state index in [0.29, 0.717) is 29.4 Å². The molecule has 1 aromatic carbocycles. The lowest BCUT2D eigenvalue weighted by atomic mass is 10.1. The molecule has 31 heavy (non-hydrogen) atoms. The van der Waals surface area contributed by atoms with Crippen molar-refractivity contribution in [1.29, 1.82) is 0 Å². The lowest BCUT2D eigenvalue weighted by molar-refractivity contribution is -0.136. The smallest absolute Gasteiger partial charge is 0.314 e. The number of fused-ring (bicyclic) bond motifs is 1. The molecule has 1 fully saturated rings. The Morgan fingerprint density at radius 3 is 2.84 bits per heavy atom. The summed E-state index contributed by atoms with van der Waals surface area (Å²) in [6.07, 6.45) is 0.526. The van der Waals surface area contributed by atoms with E-state index in [1.54, 1.807) is 31.2 Å². The minimum atomic E-state index is -0.837. The number of amides is 3. The number of hydrogen-bond acceptors (Lipinski definition) is 7. The van der Waals surface area contributed by atoms with Gasteiger partial charge in [-0.3, -0.25) is 19.7 Å². The van der Waals surface area contributed by atoms with Gasteiger partial charge in [0, 0.05) is 25.1 Å². The highest BCUT2D eigenvalue weighted by Crippen LogP contribution is 2.32. The highest BCUT2D eigenvalue weighted by molar-refractivity contribution is 6.39. The molecule has 3 heterocycles. The molecule has 0 saturated carbocycles. The maximum atomic E-state index is 12.4. The highest BCUT2D eigenvalue weighted by atomic mass is 16.7. The van der Waals surface area contributed by atoms with Gasteiger partial charge < -0.3 is 25.4 Å². The molecule has 4 N–H and O–H groups in total. The van der Waals surface area contributed by atoms with Gasteiger partial charge in [-0.15, -0.1) is 0 Å². The van der Waals surface area contributed by atoms with Crippen LogP contribution in [0.2, 0.25) is 0 Å². The average molecular weight is 428 g/mol. The van der Waals surface area contributed by atoms with Gasteiger partial charge in [-0.2, -0.15) is 5.10 Å². The molecule has 0 radical (unpaired) electrons. The average Bonchev–Trinajstić information content (AvgIpc) is 3.37. The van der Waals surface area contributed by atoms with E-state index in [9.17, 15) is 14.4 Å². The zero-order chi connectivity index (χ0) is 22.0. The third kappa shape index (κ3) is 4.61. The lowest BCUT2D eigenvalue weighted by Crippen LogP contribution is -2.53. The monoisotopic (exact) mass is 428 g/mol. The Morgan fingerprint density at radius 2 is 2.03 bits per heavy atom. The number of carbonyl (C=O) groups excluding carboxylic acids is 3. The van der Waals surface area contributed by atoms with E-state index in [2.05, 4.69) is 26.4 Å². The van der Waals surface area contributed by atoms with Gasteiger partial charge in [0.25, 0.3) is 0 Å². The number of rotatable bonds is 5. The molecule has 2 aliphatic rings. The number of hydrogen-bond donors (Lipinski definition) is 4. The Balaban J connectivity index is 1.39. The van der Waals surface area contributed by atoms with Crippen LogP contribution in [0.5, 0.6) is 11.5 Å². The second kappa shape index (κ2) is 8.64. The van der Waals surface area contributed by atoms with Gasteiger partial charge in [0.05, 0.1) is 5.69 Å². The Labute approximate surface area is 178 Å². The molecule has 164 valence electrons. The fourth-order valence-corrected chi connectivity index (χ4v) is 3.45. The normalized spacial score (nSPS) is 19.6. The Bertz CT molecular complexity index is 1020. The SMILES string of the molecule is CCC1CC(=O)NC(n2nc(C)cc2NC(=O)C(=O)NCc2ccc3c(c2)OCO3)N1. The Kier molecular flexibility index (Phi) is 5.76. The zero-order valence-electron chi connectivity index (χ0n) is 17.2. The lowest BCUT2D eigenvalue weighted by Gasteiger charge is -2.31. The molecule has 0 bridgehead atoms. The number of nitrogens with one attached hydrogen (secondary N) is 4. The van der Waals surface area contributed by atoms with Gasteiger partial charge in [0.1, 0.15) is 5.82 Å². The van der Waals surface area contributed by atoms with Gasteiger partial charge in [0.2, 0.25) is 12.7 Å². The van der Waals surface area contributed by atoms with Crippen molar-refractivity contribution in [1.82, 2.24) is 25.7 Å². The maximum absolute atomic E-state index is 12.4. The van der Waals surface area contributed by atoms with E-state index in [1.165, 1.54) is 4.68 Å². The number of ether oxygens (including phenoxy) is 2. The minimum absolute atomic E-state index is 0.00296. The molecule has 3 amide bonds. The van der Waals surface area contributed by atoms with Crippen LogP contribution in [-0.2, 0) is 20.9 Å². The third-order valence-corrected chi connectivity index (χ3v) is 5.06. The topological polar surface area (TPSA) is 136 Å². The first-order valence-corrected chi connectivity index (χ1v) is 10.0. The quantitative estimate of drug-likeness (QED) is 0.510. The third-order valence-electron chi connectivity index (χ3n) is 5.06. The molecule has 11 nitrogen and oxygen atoms in total. The summed E-state index contributed by atoms with van der Waals surface area (Å²) in [5.74, 6) is -0.197. The molecule has 0 spiro atoms. The highest BCUT2D eigenvalue weighted by Gasteiger charge is 2.28. The van der Waals surface area contributed by atoms with Crippen molar-refractivity contribution < 1.29 is 23.9 Å². The van der Waals surface area contributed by atoms with Crippen molar-refractivity contribution in [3.05, 3.63) is 35.5 Å². The second-order valence-electron chi connectivity index (χ2n) is 7.39. The fraction of sp³-hybridized carbons (Fsp3) is 0.400. The van der Waals surface area contributed by atoms with Crippen LogP contribution in [-0.4, -0.2) is 40.3 Å². The van der Waals surface area contributed by atoms with Gasteiger partial charge in [0.15, 0.2) is 17.8 Å². The number of benzene rings is 1. The van der Waals surface area contributed by atoms with Crippen LogP contribution in [0.3, 0.4) is 0 Å². The molecular formula is C20H24N6O5. The maximum Gasteiger partial charge on any atom is 0.314 e. The summed E-state index contributed by atoms with van der Waals surface area (Å²) in [4.78, 5) is 36.7. The second-order valence-corrected chi connectivity index (χ2v) is 7.39. The van der Waals surface area contributed by atoms with Crippen molar-refractivity contribution in [3.8, 4) is 11.5 Å². The number of aryl methyl sites for hydroxylation is 1. The predicted molar refractivity (Wildman–Crippen MR) is 109 cm³/mol. The number of anilines is 1. The molecule has 0 aliphatic carbocycles. The predicted octanol–water partition coefficient (Wildman–Crippen LogP) is 0.519. The first-order valence-electron chi connectivity index (χ1n) is 10.0. The van der Waals surface area contributed by atoms with Crippen LogP contribution >= 0.6 is 0 Å². The first kappa shape index (κ1) is 20.7. The van der Waals surface area contributed by atoms with Crippen molar-refractivity contribution in [2.45, 2.75) is 45.6 Å². The fourth-order valence-electron chi connectivity index (χ4n) is 3.45. The van der Waals surface area contributed by atoms with E-state index in [4.69, 9.17) is 9.47 Å². The summed E-state index contributed by atoms with van der Waals surface area (Å²) in [6, 6.07) is 6.91. The minimum Gasteiger partial charge on any atom is -0.454 e. The van der Waals surface area contributed by atoms with E-state index in [-0.39, 0.29) is 25.3 Å².